The fourth-order valence-corrected chi connectivity index (χ4v) is 3.37. The predicted molar refractivity (Wildman–Crippen MR) is 127 cm³/mol. The molecule has 2 atom stereocenters. The van der Waals surface area contributed by atoms with Crippen LogP contribution in [-0.4, -0.2) is 48.3 Å². The van der Waals surface area contributed by atoms with Gasteiger partial charge in [0.25, 0.3) is 0 Å². The van der Waals surface area contributed by atoms with Crippen molar-refractivity contribution in [1.82, 2.24) is 16.0 Å². The largest absolute Gasteiger partial charge is 0.395 e. The SMILES string of the molecule is CC(O)C1NC=CN1.OCCC#Cc1ccc(-c2ccc(CNC3CCOC3)cc2)cc1. The molecule has 32 heavy (non-hydrogen) atoms. The lowest BCUT2D eigenvalue weighted by Crippen LogP contribution is -2.40. The molecule has 0 amide bonds. The molecule has 0 aliphatic carbocycles. The van der Waals surface area contributed by atoms with Crippen molar-refractivity contribution >= 4 is 0 Å². The monoisotopic (exact) mass is 435 g/mol. The Kier molecular flexibility index (Phi) is 9.60. The minimum Gasteiger partial charge on any atom is -0.395 e. The molecule has 6 nitrogen and oxygen atoms in total. The van der Waals surface area contributed by atoms with E-state index < -0.39 is 0 Å². The first kappa shape index (κ1) is 23.8. The van der Waals surface area contributed by atoms with Gasteiger partial charge in [0.1, 0.15) is 6.17 Å². The Labute approximate surface area is 190 Å². The summed E-state index contributed by atoms with van der Waals surface area (Å²) in [5.41, 5.74) is 4.66. The molecule has 0 radical (unpaired) electrons. The summed E-state index contributed by atoms with van der Waals surface area (Å²) >= 11 is 0. The smallest absolute Gasteiger partial charge is 0.122 e. The number of ether oxygens (including phenoxy) is 1. The van der Waals surface area contributed by atoms with E-state index in [0.717, 1.165) is 31.7 Å². The maximum absolute atomic E-state index is 8.89. The Morgan fingerprint density at radius 2 is 1.72 bits per heavy atom. The molecule has 0 bridgehead atoms. The van der Waals surface area contributed by atoms with Gasteiger partial charge in [0.15, 0.2) is 0 Å². The highest BCUT2D eigenvalue weighted by Crippen LogP contribution is 2.20. The van der Waals surface area contributed by atoms with Crippen molar-refractivity contribution in [2.45, 2.75) is 44.6 Å². The molecule has 5 N–H and O–H groups in total. The highest BCUT2D eigenvalue weighted by atomic mass is 16.5. The Morgan fingerprint density at radius 3 is 2.25 bits per heavy atom. The maximum atomic E-state index is 8.89. The van der Waals surface area contributed by atoms with Gasteiger partial charge >= 0.3 is 0 Å². The van der Waals surface area contributed by atoms with E-state index in [0.29, 0.717) is 12.5 Å². The third-order valence-electron chi connectivity index (χ3n) is 5.28. The predicted octanol–water partition coefficient (Wildman–Crippen LogP) is 2.32. The summed E-state index contributed by atoms with van der Waals surface area (Å²) in [7, 11) is 0. The average Bonchev–Trinajstić information content (AvgIpc) is 3.54. The zero-order valence-electron chi connectivity index (χ0n) is 18.6. The summed E-state index contributed by atoms with van der Waals surface area (Å²) in [6.45, 7) is 4.42. The van der Waals surface area contributed by atoms with E-state index in [1.165, 1.54) is 16.7 Å². The van der Waals surface area contributed by atoms with Crippen LogP contribution < -0.4 is 16.0 Å². The number of hydrogen-bond donors (Lipinski definition) is 5. The molecule has 0 saturated carbocycles. The molecule has 170 valence electrons. The highest BCUT2D eigenvalue weighted by Gasteiger charge is 2.14. The van der Waals surface area contributed by atoms with Gasteiger partial charge in [0, 0.05) is 43.6 Å². The van der Waals surface area contributed by atoms with Crippen LogP contribution in [0.5, 0.6) is 0 Å². The third-order valence-corrected chi connectivity index (χ3v) is 5.28. The number of rotatable bonds is 6. The highest BCUT2D eigenvalue weighted by molar-refractivity contribution is 5.64. The molecule has 0 spiro atoms. The van der Waals surface area contributed by atoms with Crippen LogP contribution in [0.15, 0.2) is 60.9 Å². The Morgan fingerprint density at radius 1 is 1.06 bits per heavy atom. The molecule has 4 rings (SSSR count). The topological polar surface area (TPSA) is 85.8 Å². The zero-order valence-corrected chi connectivity index (χ0v) is 18.6. The van der Waals surface area contributed by atoms with Crippen molar-refractivity contribution in [3.8, 4) is 23.0 Å². The standard InChI is InChI=1S/C21H23NO2.C5H10N2O/c23-13-2-1-3-17-4-8-19(9-5-17)20-10-6-18(7-11-20)15-22-21-12-14-24-16-21;1-4(8)5-6-2-3-7-5/h4-11,21-23H,2,12-16H2;2-8H,1H3. The van der Waals surface area contributed by atoms with Crippen LogP contribution in [0.4, 0.5) is 0 Å². The molecule has 2 aliphatic rings. The van der Waals surface area contributed by atoms with Crippen LogP contribution in [0.25, 0.3) is 11.1 Å². The van der Waals surface area contributed by atoms with Crippen molar-refractivity contribution < 1.29 is 14.9 Å². The molecule has 2 aliphatic heterocycles. The first-order chi connectivity index (χ1) is 15.7. The minimum atomic E-state index is -0.343. The van der Waals surface area contributed by atoms with E-state index in [1.54, 1.807) is 19.3 Å². The summed E-state index contributed by atoms with van der Waals surface area (Å²) in [4.78, 5) is 0. The maximum Gasteiger partial charge on any atom is 0.122 e. The molecule has 1 fully saturated rings. The van der Waals surface area contributed by atoms with E-state index in [-0.39, 0.29) is 18.9 Å². The molecular weight excluding hydrogens is 402 g/mol. The number of aliphatic hydroxyl groups is 2. The zero-order chi connectivity index (χ0) is 22.6. The Hall–Kier alpha value is -2.82. The van der Waals surface area contributed by atoms with Gasteiger partial charge in [-0.05, 0) is 42.2 Å². The lowest BCUT2D eigenvalue weighted by Gasteiger charge is -2.14. The molecular formula is C26H33N3O3. The van der Waals surface area contributed by atoms with E-state index in [1.807, 2.05) is 12.1 Å². The van der Waals surface area contributed by atoms with Crippen LogP contribution in [0.1, 0.15) is 30.9 Å². The molecule has 2 heterocycles. The van der Waals surface area contributed by atoms with Gasteiger partial charge in [0.2, 0.25) is 0 Å². The number of aliphatic hydroxyl groups excluding tert-OH is 2. The van der Waals surface area contributed by atoms with Gasteiger partial charge in [0.05, 0.1) is 19.3 Å². The Balaban J connectivity index is 0.000000305. The summed E-state index contributed by atoms with van der Waals surface area (Å²) in [6.07, 6.45) is 4.84. The molecule has 0 aromatic heterocycles. The van der Waals surface area contributed by atoms with Crippen LogP contribution in [0, 0.1) is 11.8 Å². The lowest BCUT2D eigenvalue weighted by molar-refractivity contribution is 0.147. The number of nitrogens with one attached hydrogen (secondary N) is 3. The van der Waals surface area contributed by atoms with Gasteiger partial charge in [-0.2, -0.15) is 0 Å². The van der Waals surface area contributed by atoms with Gasteiger partial charge in [-0.1, -0.05) is 48.2 Å². The lowest BCUT2D eigenvalue weighted by atomic mass is 10.0. The molecule has 2 unspecified atom stereocenters. The van der Waals surface area contributed by atoms with E-state index in [9.17, 15) is 0 Å². The first-order valence-electron chi connectivity index (χ1n) is 11.1. The van der Waals surface area contributed by atoms with Crippen molar-refractivity contribution in [1.29, 1.82) is 0 Å². The van der Waals surface area contributed by atoms with Crippen LogP contribution in [-0.2, 0) is 11.3 Å². The van der Waals surface area contributed by atoms with Crippen molar-refractivity contribution in [2.24, 2.45) is 0 Å². The van der Waals surface area contributed by atoms with Crippen molar-refractivity contribution in [2.75, 3.05) is 19.8 Å². The number of hydrogen-bond acceptors (Lipinski definition) is 6. The van der Waals surface area contributed by atoms with E-state index in [4.69, 9.17) is 14.9 Å². The second kappa shape index (κ2) is 12.9. The summed E-state index contributed by atoms with van der Waals surface area (Å²) in [5.74, 6) is 5.99. The van der Waals surface area contributed by atoms with Gasteiger partial charge in [-0.15, -0.1) is 0 Å². The van der Waals surface area contributed by atoms with Gasteiger partial charge < -0.3 is 30.9 Å². The van der Waals surface area contributed by atoms with Crippen LogP contribution >= 0.6 is 0 Å². The molecule has 2 aromatic carbocycles. The summed E-state index contributed by atoms with van der Waals surface area (Å²) in [6, 6.07) is 17.4. The molecule has 6 heteroatoms. The van der Waals surface area contributed by atoms with Gasteiger partial charge in [-0.3, -0.25) is 0 Å². The minimum absolute atomic E-state index is 0.00926. The van der Waals surface area contributed by atoms with Crippen molar-refractivity contribution in [3.63, 3.8) is 0 Å². The van der Waals surface area contributed by atoms with Crippen LogP contribution in [0.3, 0.4) is 0 Å². The molecule has 2 aromatic rings. The summed E-state index contributed by atoms with van der Waals surface area (Å²) < 4.78 is 5.38. The summed E-state index contributed by atoms with van der Waals surface area (Å²) in [5, 5.41) is 27.0. The van der Waals surface area contributed by atoms with Crippen LogP contribution in [0.2, 0.25) is 0 Å². The average molecular weight is 436 g/mol. The number of benzene rings is 2. The van der Waals surface area contributed by atoms with E-state index in [2.05, 4.69) is 64.2 Å². The third kappa shape index (κ3) is 7.70. The van der Waals surface area contributed by atoms with E-state index >= 15 is 0 Å². The van der Waals surface area contributed by atoms with Crippen molar-refractivity contribution in [3.05, 3.63) is 72.1 Å². The normalized spacial score (nSPS) is 18.0. The fourth-order valence-electron chi connectivity index (χ4n) is 3.37. The fraction of sp³-hybridized carbons (Fsp3) is 0.385. The van der Waals surface area contributed by atoms with Gasteiger partial charge in [-0.25, -0.2) is 0 Å². The second-order valence-corrected chi connectivity index (χ2v) is 7.88. The quantitative estimate of drug-likeness (QED) is 0.448. The first-order valence-corrected chi connectivity index (χ1v) is 11.1. The second-order valence-electron chi connectivity index (χ2n) is 7.88. The Bertz CT molecular complexity index is 885. The molecule has 1 saturated heterocycles.